The van der Waals surface area contributed by atoms with Crippen molar-refractivity contribution in [2.45, 2.75) is 12.7 Å². The Kier molecular flexibility index (Phi) is 1.77. The summed E-state index contributed by atoms with van der Waals surface area (Å²) in [7, 11) is 0. The number of rotatable bonds is 1. The van der Waals surface area contributed by atoms with Crippen molar-refractivity contribution >= 4 is 18.3 Å². The van der Waals surface area contributed by atoms with Crippen LogP contribution < -0.4 is 0 Å². The maximum Gasteiger partial charge on any atom is 0.161 e. The molecule has 0 saturated heterocycles. The maximum atomic E-state index is 4.31. The molecule has 2 aromatic heterocycles. The van der Waals surface area contributed by atoms with Crippen LogP contribution in [0.25, 0.3) is 5.65 Å². The molecule has 0 aliphatic carbocycles. The van der Waals surface area contributed by atoms with Crippen LogP contribution in [-0.4, -0.2) is 14.6 Å². The van der Waals surface area contributed by atoms with E-state index < -0.39 is 0 Å². The lowest BCUT2D eigenvalue weighted by molar-refractivity contribution is 0.922. The van der Waals surface area contributed by atoms with E-state index in [1.807, 2.05) is 25.3 Å². The van der Waals surface area contributed by atoms with Crippen LogP contribution in [0.1, 0.15) is 11.4 Å². The van der Waals surface area contributed by atoms with Gasteiger partial charge in [-0.05, 0) is 18.6 Å². The summed E-state index contributed by atoms with van der Waals surface area (Å²) >= 11 is 4.12. The van der Waals surface area contributed by atoms with Gasteiger partial charge < -0.3 is 0 Å². The van der Waals surface area contributed by atoms with Crippen LogP contribution in [-0.2, 0) is 5.75 Å². The number of hydrogen-bond acceptors (Lipinski definition) is 3. The summed E-state index contributed by atoms with van der Waals surface area (Å²) in [6.07, 6.45) is 1.89. The Morgan fingerprint density at radius 2 is 2.42 bits per heavy atom. The lowest BCUT2D eigenvalue weighted by Gasteiger charge is -1.92. The Morgan fingerprint density at radius 1 is 1.58 bits per heavy atom. The van der Waals surface area contributed by atoms with E-state index >= 15 is 0 Å². The van der Waals surface area contributed by atoms with Gasteiger partial charge in [0.2, 0.25) is 0 Å². The Labute approximate surface area is 75.8 Å². The molecule has 4 heteroatoms. The van der Waals surface area contributed by atoms with Gasteiger partial charge >= 0.3 is 0 Å². The highest BCUT2D eigenvalue weighted by molar-refractivity contribution is 7.79. The van der Waals surface area contributed by atoms with Crippen molar-refractivity contribution in [1.29, 1.82) is 0 Å². The van der Waals surface area contributed by atoms with Crippen molar-refractivity contribution < 1.29 is 0 Å². The predicted molar refractivity (Wildman–Crippen MR) is 50.4 cm³/mol. The maximum absolute atomic E-state index is 4.31. The minimum absolute atomic E-state index is 0.584. The molecule has 0 aliphatic rings. The average Bonchev–Trinajstić information content (AvgIpc) is 2.49. The van der Waals surface area contributed by atoms with Gasteiger partial charge in [0.25, 0.3) is 0 Å². The van der Waals surface area contributed by atoms with Crippen LogP contribution in [0, 0.1) is 6.92 Å². The number of fused-ring (bicyclic) bond motifs is 1. The van der Waals surface area contributed by atoms with E-state index in [4.69, 9.17) is 0 Å². The summed E-state index contributed by atoms with van der Waals surface area (Å²) in [5, 5.41) is 4.22. The first-order valence-corrected chi connectivity index (χ1v) is 4.36. The molecule has 0 atom stereocenters. The second-order valence-electron chi connectivity index (χ2n) is 2.65. The van der Waals surface area contributed by atoms with E-state index in [0.717, 1.165) is 17.0 Å². The molecule has 12 heavy (non-hydrogen) atoms. The molecule has 0 radical (unpaired) electrons. The van der Waals surface area contributed by atoms with Crippen LogP contribution in [0.4, 0.5) is 0 Å². The molecule has 0 saturated carbocycles. The van der Waals surface area contributed by atoms with Crippen molar-refractivity contribution in [3.63, 3.8) is 0 Å². The third-order valence-corrected chi connectivity index (χ3v) is 2.03. The lowest BCUT2D eigenvalue weighted by atomic mass is 10.3. The number of thiol groups is 1. The van der Waals surface area contributed by atoms with Gasteiger partial charge in [0.05, 0.1) is 5.75 Å². The van der Waals surface area contributed by atoms with Gasteiger partial charge in [-0.25, -0.2) is 9.50 Å². The van der Waals surface area contributed by atoms with Crippen molar-refractivity contribution in [2.24, 2.45) is 0 Å². The normalized spacial score (nSPS) is 10.8. The Hall–Kier alpha value is -1.03. The van der Waals surface area contributed by atoms with Crippen molar-refractivity contribution in [3.8, 4) is 0 Å². The van der Waals surface area contributed by atoms with Crippen molar-refractivity contribution in [1.82, 2.24) is 14.6 Å². The fourth-order valence-electron chi connectivity index (χ4n) is 1.15. The quantitative estimate of drug-likeness (QED) is 0.672. The molecule has 0 aromatic carbocycles. The SMILES string of the molecule is Cc1cccn2nc(CS)nc12. The summed E-state index contributed by atoms with van der Waals surface area (Å²) in [4.78, 5) is 4.31. The molecular weight excluding hydrogens is 170 g/mol. The third-order valence-electron chi connectivity index (χ3n) is 1.74. The largest absolute Gasteiger partial charge is 0.221 e. The molecule has 0 unspecified atom stereocenters. The second-order valence-corrected chi connectivity index (χ2v) is 2.96. The molecule has 2 rings (SSSR count). The summed E-state index contributed by atoms with van der Waals surface area (Å²) in [5.74, 6) is 1.36. The summed E-state index contributed by atoms with van der Waals surface area (Å²) in [5.41, 5.74) is 2.06. The zero-order valence-electron chi connectivity index (χ0n) is 6.73. The molecule has 0 amide bonds. The molecule has 0 fully saturated rings. The number of nitrogens with zero attached hydrogens (tertiary/aromatic N) is 3. The van der Waals surface area contributed by atoms with Gasteiger partial charge in [0.15, 0.2) is 11.5 Å². The first-order chi connectivity index (χ1) is 5.81. The van der Waals surface area contributed by atoms with Crippen LogP contribution >= 0.6 is 12.6 Å². The first kappa shape index (κ1) is 7.61. The highest BCUT2D eigenvalue weighted by Gasteiger charge is 2.02. The van der Waals surface area contributed by atoms with Crippen LogP contribution in [0.3, 0.4) is 0 Å². The zero-order valence-corrected chi connectivity index (χ0v) is 7.62. The molecule has 0 N–H and O–H groups in total. The van der Waals surface area contributed by atoms with E-state index in [2.05, 4.69) is 22.7 Å². The number of aryl methyl sites for hydroxylation is 1. The predicted octanol–water partition coefficient (Wildman–Crippen LogP) is 1.47. The molecular formula is C8H9N3S. The summed E-state index contributed by atoms with van der Waals surface area (Å²) in [6.45, 7) is 2.02. The van der Waals surface area contributed by atoms with E-state index in [1.54, 1.807) is 4.52 Å². The van der Waals surface area contributed by atoms with Crippen LogP contribution in [0.15, 0.2) is 18.3 Å². The second kappa shape index (κ2) is 2.79. The minimum Gasteiger partial charge on any atom is -0.221 e. The lowest BCUT2D eigenvalue weighted by Crippen LogP contribution is -1.87. The summed E-state index contributed by atoms with van der Waals surface area (Å²) in [6, 6.07) is 3.98. The molecule has 3 nitrogen and oxygen atoms in total. The van der Waals surface area contributed by atoms with Crippen LogP contribution in [0.2, 0.25) is 0 Å². The third kappa shape index (κ3) is 1.08. The zero-order chi connectivity index (χ0) is 8.55. The molecule has 0 spiro atoms. The Balaban J connectivity index is 2.74. The number of aromatic nitrogens is 3. The van der Waals surface area contributed by atoms with E-state index in [1.165, 1.54) is 0 Å². The number of pyridine rings is 1. The highest BCUT2D eigenvalue weighted by atomic mass is 32.1. The Morgan fingerprint density at radius 3 is 3.08 bits per heavy atom. The van der Waals surface area contributed by atoms with Gasteiger partial charge in [-0.3, -0.25) is 0 Å². The fourth-order valence-corrected chi connectivity index (χ4v) is 1.28. The standard InChI is InChI=1S/C8H9N3S/c1-6-3-2-4-11-8(6)9-7(5-12)10-11/h2-4,12H,5H2,1H3. The van der Waals surface area contributed by atoms with Gasteiger partial charge in [-0.2, -0.15) is 17.7 Å². The molecule has 2 aromatic rings. The fraction of sp³-hybridized carbons (Fsp3) is 0.250. The average molecular weight is 179 g/mol. The van der Waals surface area contributed by atoms with Crippen LogP contribution in [0.5, 0.6) is 0 Å². The minimum atomic E-state index is 0.584. The smallest absolute Gasteiger partial charge is 0.161 e. The van der Waals surface area contributed by atoms with Gasteiger partial charge in [0.1, 0.15) is 0 Å². The van der Waals surface area contributed by atoms with E-state index in [0.29, 0.717) is 5.75 Å². The van der Waals surface area contributed by atoms with Gasteiger partial charge in [-0.15, -0.1) is 0 Å². The van der Waals surface area contributed by atoms with E-state index in [-0.39, 0.29) is 0 Å². The Bertz CT molecular complexity index is 408. The highest BCUT2D eigenvalue weighted by Crippen LogP contribution is 2.07. The number of hydrogen-bond donors (Lipinski definition) is 1. The first-order valence-electron chi connectivity index (χ1n) is 3.73. The van der Waals surface area contributed by atoms with Gasteiger partial charge in [-0.1, -0.05) is 6.07 Å². The van der Waals surface area contributed by atoms with Crippen molar-refractivity contribution in [2.75, 3.05) is 0 Å². The topological polar surface area (TPSA) is 30.2 Å². The monoisotopic (exact) mass is 179 g/mol. The molecule has 2 heterocycles. The molecule has 0 bridgehead atoms. The molecule has 62 valence electrons. The van der Waals surface area contributed by atoms with Crippen molar-refractivity contribution in [3.05, 3.63) is 29.7 Å². The summed E-state index contributed by atoms with van der Waals surface area (Å²) < 4.78 is 1.78. The molecule has 0 aliphatic heterocycles. The van der Waals surface area contributed by atoms with E-state index in [9.17, 15) is 0 Å². The van der Waals surface area contributed by atoms with Gasteiger partial charge in [0, 0.05) is 6.20 Å².